The van der Waals surface area contributed by atoms with Gasteiger partial charge in [-0.15, -0.1) is 24.0 Å². The molecule has 0 aliphatic heterocycles. The fourth-order valence-electron chi connectivity index (χ4n) is 2.73. The van der Waals surface area contributed by atoms with Crippen LogP contribution in [0, 0.1) is 5.41 Å². The quantitative estimate of drug-likeness (QED) is 0.325. The predicted molar refractivity (Wildman–Crippen MR) is 120 cm³/mol. The molecule has 0 radical (unpaired) electrons. The van der Waals surface area contributed by atoms with Gasteiger partial charge in [-0.2, -0.15) is 0 Å². The van der Waals surface area contributed by atoms with E-state index in [0.29, 0.717) is 6.54 Å². The van der Waals surface area contributed by atoms with Gasteiger partial charge in [-0.3, -0.25) is 0 Å². The maximum Gasteiger partial charge on any atom is 0.191 e. The topological polar surface area (TPSA) is 58.1 Å². The van der Waals surface area contributed by atoms with Crippen molar-refractivity contribution in [2.24, 2.45) is 10.4 Å². The number of nitrogens with zero attached hydrogens (tertiary/aromatic N) is 2. The summed E-state index contributed by atoms with van der Waals surface area (Å²) in [6, 6.07) is 5.87. The zero-order valence-corrected chi connectivity index (χ0v) is 19.5. The lowest BCUT2D eigenvalue weighted by atomic mass is 9.93. The van der Waals surface area contributed by atoms with Gasteiger partial charge in [0.1, 0.15) is 0 Å². The number of rotatable bonds is 9. The van der Waals surface area contributed by atoms with Gasteiger partial charge in [0.2, 0.25) is 0 Å². The highest BCUT2D eigenvalue weighted by Crippen LogP contribution is 2.27. The Kier molecular flexibility index (Phi) is 11.6. The monoisotopic (exact) mass is 478 g/mol. The number of ether oxygens (including phenoxy) is 2. The van der Waals surface area contributed by atoms with Crippen LogP contribution in [0.2, 0.25) is 0 Å². The molecule has 150 valence electrons. The van der Waals surface area contributed by atoms with Crippen molar-refractivity contribution in [1.82, 2.24) is 15.5 Å². The van der Waals surface area contributed by atoms with Crippen molar-refractivity contribution < 1.29 is 9.47 Å². The molecular weight excluding hydrogens is 443 g/mol. The molecule has 0 aliphatic carbocycles. The zero-order chi connectivity index (χ0) is 18.9. The Morgan fingerprint density at radius 1 is 1.12 bits per heavy atom. The number of benzene rings is 1. The average Bonchev–Trinajstić information content (AvgIpc) is 2.56. The molecule has 0 unspecified atom stereocenters. The van der Waals surface area contributed by atoms with Crippen LogP contribution < -0.4 is 20.1 Å². The lowest BCUT2D eigenvalue weighted by molar-refractivity contribution is 0.241. The first-order valence-corrected chi connectivity index (χ1v) is 8.69. The van der Waals surface area contributed by atoms with Crippen LogP contribution in [-0.2, 0) is 6.54 Å². The molecule has 0 saturated heterocycles. The van der Waals surface area contributed by atoms with Crippen LogP contribution in [-0.4, -0.2) is 58.8 Å². The van der Waals surface area contributed by atoms with E-state index in [4.69, 9.17) is 9.47 Å². The van der Waals surface area contributed by atoms with E-state index in [1.807, 2.05) is 18.2 Å². The van der Waals surface area contributed by atoms with Gasteiger partial charge >= 0.3 is 0 Å². The van der Waals surface area contributed by atoms with Crippen molar-refractivity contribution in [1.29, 1.82) is 0 Å². The van der Waals surface area contributed by atoms with Crippen LogP contribution in [0.25, 0.3) is 0 Å². The molecule has 2 N–H and O–H groups in total. The lowest BCUT2D eigenvalue weighted by Crippen LogP contribution is -2.44. The number of nitrogens with one attached hydrogen (secondary N) is 2. The molecule has 0 heterocycles. The Morgan fingerprint density at radius 3 is 2.31 bits per heavy atom. The molecule has 0 spiro atoms. The van der Waals surface area contributed by atoms with Crippen molar-refractivity contribution >= 4 is 29.9 Å². The highest BCUT2D eigenvalue weighted by molar-refractivity contribution is 14.0. The fraction of sp³-hybridized carbons (Fsp3) is 0.632. The van der Waals surface area contributed by atoms with Crippen molar-refractivity contribution in [3.8, 4) is 11.5 Å². The standard InChI is InChI=1S/C19H34N4O2.HI/c1-8-20-18(22-13-19(2,3)14-23(4)5)21-12-15-9-10-16(24-6)17(11-15)25-7;/h9-11H,8,12-14H2,1-7H3,(H2,20,21,22);1H. The summed E-state index contributed by atoms with van der Waals surface area (Å²) in [7, 11) is 7.47. The average molecular weight is 478 g/mol. The lowest BCUT2D eigenvalue weighted by Gasteiger charge is -2.29. The minimum atomic E-state index is 0. The van der Waals surface area contributed by atoms with E-state index in [-0.39, 0.29) is 29.4 Å². The van der Waals surface area contributed by atoms with Crippen molar-refractivity contribution in [2.75, 3.05) is 47.9 Å². The number of halogens is 1. The number of hydrogen-bond acceptors (Lipinski definition) is 4. The molecule has 1 aromatic rings. The fourth-order valence-corrected chi connectivity index (χ4v) is 2.73. The van der Waals surface area contributed by atoms with Crippen LogP contribution in [0.3, 0.4) is 0 Å². The molecular formula is C19H35IN4O2. The second-order valence-electron chi connectivity index (χ2n) is 7.14. The molecule has 0 aromatic heterocycles. The van der Waals surface area contributed by atoms with Gasteiger partial charge in [0.25, 0.3) is 0 Å². The van der Waals surface area contributed by atoms with Gasteiger partial charge in [-0.1, -0.05) is 19.9 Å². The van der Waals surface area contributed by atoms with E-state index in [1.165, 1.54) is 0 Å². The number of hydrogen-bond donors (Lipinski definition) is 2. The Labute approximate surface area is 175 Å². The van der Waals surface area contributed by atoms with Crippen molar-refractivity contribution in [3.05, 3.63) is 23.8 Å². The highest BCUT2D eigenvalue weighted by atomic mass is 127. The van der Waals surface area contributed by atoms with Gasteiger partial charge < -0.3 is 25.0 Å². The minimum absolute atomic E-state index is 0. The second-order valence-corrected chi connectivity index (χ2v) is 7.14. The van der Waals surface area contributed by atoms with E-state index in [2.05, 4.69) is 55.4 Å². The summed E-state index contributed by atoms with van der Waals surface area (Å²) in [6.45, 7) is 9.82. The van der Waals surface area contributed by atoms with E-state index >= 15 is 0 Å². The van der Waals surface area contributed by atoms with Crippen molar-refractivity contribution in [3.63, 3.8) is 0 Å². The van der Waals surface area contributed by atoms with Gasteiger partial charge in [0.05, 0.1) is 20.8 Å². The van der Waals surface area contributed by atoms with Crippen LogP contribution in [0.1, 0.15) is 26.3 Å². The highest BCUT2D eigenvalue weighted by Gasteiger charge is 2.19. The zero-order valence-electron chi connectivity index (χ0n) is 17.2. The van der Waals surface area contributed by atoms with Crippen molar-refractivity contribution in [2.45, 2.75) is 27.3 Å². The molecule has 0 fully saturated rings. The molecule has 0 amide bonds. The second kappa shape index (κ2) is 12.2. The Bertz CT molecular complexity index is 562. The number of aliphatic imine (C=N–C) groups is 1. The van der Waals surface area contributed by atoms with E-state index in [0.717, 1.165) is 42.7 Å². The van der Waals surface area contributed by atoms with E-state index in [9.17, 15) is 0 Å². The first-order valence-electron chi connectivity index (χ1n) is 8.69. The summed E-state index contributed by atoms with van der Waals surface area (Å²) in [6.07, 6.45) is 0. The van der Waals surface area contributed by atoms with E-state index < -0.39 is 0 Å². The molecule has 1 rings (SSSR count). The van der Waals surface area contributed by atoms with Gasteiger partial charge in [-0.25, -0.2) is 4.99 Å². The molecule has 0 aliphatic rings. The Balaban J connectivity index is 0.00000625. The van der Waals surface area contributed by atoms with Crippen LogP contribution in [0.5, 0.6) is 11.5 Å². The maximum atomic E-state index is 5.35. The van der Waals surface area contributed by atoms with Crippen LogP contribution in [0.4, 0.5) is 0 Å². The Hall–Kier alpha value is -1.22. The largest absolute Gasteiger partial charge is 0.493 e. The molecule has 26 heavy (non-hydrogen) atoms. The maximum absolute atomic E-state index is 5.35. The molecule has 1 aromatic carbocycles. The third kappa shape index (κ3) is 8.93. The number of methoxy groups -OCH3 is 2. The third-order valence-corrected chi connectivity index (χ3v) is 3.69. The van der Waals surface area contributed by atoms with Gasteiger partial charge in [0, 0.05) is 19.6 Å². The summed E-state index contributed by atoms with van der Waals surface area (Å²) in [5, 5.41) is 6.74. The third-order valence-electron chi connectivity index (χ3n) is 3.69. The molecule has 0 saturated carbocycles. The van der Waals surface area contributed by atoms with Crippen LogP contribution >= 0.6 is 24.0 Å². The molecule has 0 bridgehead atoms. The Morgan fingerprint density at radius 2 is 1.77 bits per heavy atom. The summed E-state index contributed by atoms with van der Waals surface area (Å²) >= 11 is 0. The smallest absolute Gasteiger partial charge is 0.191 e. The van der Waals surface area contributed by atoms with Gasteiger partial charge in [-0.05, 0) is 44.1 Å². The minimum Gasteiger partial charge on any atom is -0.493 e. The molecule has 0 atom stereocenters. The first-order chi connectivity index (χ1) is 11.8. The van der Waals surface area contributed by atoms with Crippen LogP contribution in [0.15, 0.2) is 23.2 Å². The summed E-state index contributed by atoms with van der Waals surface area (Å²) in [5.41, 5.74) is 1.23. The molecule has 7 heteroatoms. The SMILES string of the molecule is CCNC(=NCc1ccc(OC)c(OC)c1)NCC(C)(C)CN(C)C.I. The summed E-state index contributed by atoms with van der Waals surface area (Å²) < 4.78 is 10.6. The summed E-state index contributed by atoms with van der Waals surface area (Å²) in [4.78, 5) is 6.89. The normalized spacial score (nSPS) is 11.8. The first kappa shape index (κ1) is 24.8. The van der Waals surface area contributed by atoms with E-state index in [1.54, 1.807) is 14.2 Å². The summed E-state index contributed by atoms with van der Waals surface area (Å²) in [5.74, 6) is 2.27. The predicted octanol–water partition coefficient (Wildman–Crippen LogP) is 2.96. The number of guanidine groups is 1. The van der Waals surface area contributed by atoms with Gasteiger partial charge in [0.15, 0.2) is 17.5 Å². The molecule has 6 nitrogen and oxygen atoms in total.